The van der Waals surface area contributed by atoms with E-state index in [9.17, 15) is 44.7 Å². The first-order valence-corrected chi connectivity index (χ1v) is 6.96. The highest BCUT2D eigenvalue weighted by molar-refractivity contribution is 5.69. The third kappa shape index (κ3) is 4.06. The van der Waals surface area contributed by atoms with Gasteiger partial charge in [0.1, 0.15) is 0 Å². The highest BCUT2D eigenvalue weighted by Gasteiger charge is 2.81. The first-order valence-electron chi connectivity index (χ1n) is 9.79. The number of hydrogen-bond acceptors (Lipinski definition) is 14. The number of ether oxygens (including phenoxy) is 5. The van der Waals surface area contributed by atoms with Crippen molar-refractivity contribution < 1.29 is 73.9 Å². The summed E-state index contributed by atoms with van der Waals surface area (Å²) in [7, 11) is 0. The predicted molar refractivity (Wildman–Crippen MR) is 78.8 cm³/mol. The van der Waals surface area contributed by atoms with Crippen molar-refractivity contribution in [1.29, 1.82) is 0 Å². The minimum Gasteiger partial charge on any atom is -0.433 e. The quantitative estimate of drug-likeness (QED) is 0.166. The van der Waals surface area contributed by atoms with Gasteiger partial charge in [0.25, 0.3) is 0 Å². The second-order valence-electron chi connectivity index (χ2n) is 5.25. The smallest absolute Gasteiger partial charge is 0.352 e. The van der Waals surface area contributed by atoms with E-state index in [1.54, 1.807) is 0 Å². The lowest BCUT2D eigenvalue weighted by Gasteiger charge is -2.55. The molecule has 28 heavy (non-hydrogen) atoms. The van der Waals surface area contributed by atoms with Crippen LogP contribution in [0.1, 0.15) is 33.1 Å². The number of carbonyl (C=O) groups excluding carboxylic acids is 4. The van der Waals surface area contributed by atoms with E-state index in [1.165, 1.54) is 0 Å². The van der Waals surface area contributed by atoms with Gasteiger partial charge in [-0.05, 0) is 0 Å². The van der Waals surface area contributed by atoms with Gasteiger partial charge in [-0.25, -0.2) is 0 Å². The van der Waals surface area contributed by atoms with Gasteiger partial charge in [-0.1, -0.05) is 0 Å². The highest BCUT2D eigenvalue weighted by Crippen LogP contribution is 2.47. The molecule has 1 fully saturated rings. The van der Waals surface area contributed by atoms with Crippen LogP contribution in [0.25, 0.3) is 0 Å². The molecule has 1 heterocycles. The molecule has 160 valence electrons. The van der Waals surface area contributed by atoms with E-state index in [4.69, 9.17) is 5.48 Å². The largest absolute Gasteiger partial charge is 0.433 e. The molecule has 1 aliphatic heterocycles. The van der Waals surface area contributed by atoms with Crippen LogP contribution < -0.4 is 0 Å². The van der Waals surface area contributed by atoms with Crippen LogP contribution in [0.2, 0.25) is 0 Å². The Morgan fingerprint density at radius 1 is 0.893 bits per heavy atom. The zero-order valence-corrected chi connectivity index (χ0v) is 14.0. The maximum absolute atomic E-state index is 11.7. The first-order chi connectivity index (χ1) is 14.8. The molecule has 1 aliphatic rings. The van der Waals surface area contributed by atoms with E-state index in [-0.39, 0.29) is 0 Å². The molecule has 1 rings (SSSR count). The van der Waals surface area contributed by atoms with E-state index in [0.717, 1.165) is 0 Å². The van der Waals surface area contributed by atoms with Gasteiger partial charge in [0.05, 0.1) is 0 Å². The second-order valence-corrected chi connectivity index (χ2v) is 5.25. The molecular formula is C14H20O14. The average Bonchev–Trinajstić information content (AvgIpc) is 2.74. The van der Waals surface area contributed by atoms with Crippen LogP contribution in [0.4, 0.5) is 0 Å². The van der Waals surface area contributed by atoms with Crippen LogP contribution >= 0.6 is 0 Å². The molecule has 14 heteroatoms. The Morgan fingerprint density at radius 3 is 1.86 bits per heavy atom. The van der Waals surface area contributed by atoms with Crippen molar-refractivity contribution in [2.75, 3.05) is 0 Å². The third-order valence-electron chi connectivity index (χ3n) is 3.28. The van der Waals surface area contributed by atoms with Crippen molar-refractivity contribution in [3.8, 4) is 0 Å². The van der Waals surface area contributed by atoms with Gasteiger partial charge < -0.3 is 49.2 Å². The summed E-state index contributed by atoms with van der Waals surface area (Å²) in [6.07, 6.45) is -8.68. The fraction of sp³-hybridized carbons (Fsp3) is 0.714. The Kier molecular flexibility index (Phi) is 5.03. The van der Waals surface area contributed by atoms with Gasteiger partial charge >= 0.3 is 41.2 Å². The van der Waals surface area contributed by atoms with Gasteiger partial charge in [0.2, 0.25) is 12.6 Å². The van der Waals surface area contributed by atoms with Crippen LogP contribution in [-0.4, -0.2) is 85.5 Å². The molecular weight excluding hydrogens is 392 g/mol. The molecule has 5 N–H and O–H groups in total. The minimum atomic E-state index is -4.30. The zero-order chi connectivity index (χ0) is 24.9. The number of esters is 4. The van der Waals surface area contributed by atoms with Crippen LogP contribution in [0.5, 0.6) is 0 Å². The molecule has 0 amide bonds. The van der Waals surface area contributed by atoms with Crippen LogP contribution in [-0.2, 0) is 42.9 Å². The summed E-state index contributed by atoms with van der Waals surface area (Å²) < 4.78 is 49.7. The van der Waals surface area contributed by atoms with E-state index in [1.807, 2.05) is 0 Å². The van der Waals surface area contributed by atoms with Crippen molar-refractivity contribution in [3.05, 3.63) is 0 Å². The van der Waals surface area contributed by atoms with Crippen LogP contribution in [0.15, 0.2) is 0 Å². The van der Waals surface area contributed by atoms with Crippen molar-refractivity contribution in [3.63, 3.8) is 0 Å². The summed E-state index contributed by atoms with van der Waals surface area (Å²) in [6, 6.07) is 0. The zero-order valence-electron chi connectivity index (χ0n) is 18.0. The molecule has 0 aromatic rings. The van der Waals surface area contributed by atoms with Crippen LogP contribution in [0, 0.1) is 0 Å². The van der Waals surface area contributed by atoms with Crippen molar-refractivity contribution in [1.82, 2.24) is 0 Å². The normalized spacial score (nSPS) is 37.9. The minimum absolute atomic E-state index is 1.10. The molecule has 2 unspecified atom stereocenters. The van der Waals surface area contributed by atoms with Crippen molar-refractivity contribution >= 4 is 23.9 Å². The predicted octanol–water partition coefficient (Wildman–Crippen LogP) is -3.66. The molecule has 0 aromatic heterocycles. The Balaban J connectivity index is 3.75. The lowest BCUT2D eigenvalue weighted by Crippen LogP contribution is -2.84. The third-order valence-corrected chi connectivity index (χ3v) is 3.28. The number of aliphatic hydroxyl groups is 5. The van der Waals surface area contributed by atoms with Gasteiger partial charge in [0.15, 0.2) is 6.10 Å². The van der Waals surface area contributed by atoms with E-state index >= 15 is 0 Å². The molecule has 0 radical (unpaired) electrons. The van der Waals surface area contributed by atoms with Gasteiger partial charge in [0, 0.05) is 33.1 Å². The summed E-state index contributed by atoms with van der Waals surface area (Å²) in [5.74, 6) is -19.2. The van der Waals surface area contributed by atoms with Crippen molar-refractivity contribution in [2.24, 2.45) is 0 Å². The molecule has 0 aromatic carbocycles. The molecule has 1 saturated heterocycles. The van der Waals surface area contributed by atoms with Gasteiger partial charge in [-0.3, -0.25) is 19.2 Å². The Labute approximate surface area is 162 Å². The van der Waals surface area contributed by atoms with Crippen molar-refractivity contribution in [2.45, 2.75) is 63.6 Å². The Hall–Kier alpha value is -2.36. The Bertz CT molecular complexity index is 738. The SMILES string of the molecule is [2H]CC(=O)OC(O)[C@H]1OC(O)[C@@](O)(OC(=O)C[2H])[C@](O)(OC(=O)C[2H])[C@@]1(O)OC(=O)C[2H]. The molecule has 0 spiro atoms. The van der Waals surface area contributed by atoms with E-state index < -0.39 is 87.5 Å². The van der Waals surface area contributed by atoms with E-state index in [0.29, 0.717) is 0 Å². The molecule has 0 aliphatic carbocycles. The average molecular weight is 416 g/mol. The Morgan fingerprint density at radius 2 is 1.36 bits per heavy atom. The summed E-state index contributed by atoms with van der Waals surface area (Å²) in [6.45, 7) is -4.99. The maximum Gasteiger partial charge on any atom is 0.352 e. The summed E-state index contributed by atoms with van der Waals surface area (Å²) in [5, 5.41) is 52.7. The molecule has 6 atom stereocenters. The number of rotatable bonds is 5. The van der Waals surface area contributed by atoms with Crippen LogP contribution in [0.3, 0.4) is 0 Å². The fourth-order valence-corrected chi connectivity index (χ4v) is 2.30. The second kappa shape index (κ2) is 7.94. The number of carbonyl (C=O) groups is 4. The number of aliphatic hydroxyl groups excluding tert-OH is 2. The molecule has 0 saturated carbocycles. The van der Waals surface area contributed by atoms with E-state index in [2.05, 4.69) is 23.7 Å². The summed E-state index contributed by atoms with van der Waals surface area (Å²) in [4.78, 5) is 46.4. The highest BCUT2D eigenvalue weighted by atomic mass is 16.8. The maximum atomic E-state index is 11.7. The fourth-order valence-electron chi connectivity index (χ4n) is 2.30. The summed E-state index contributed by atoms with van der Waals surface area (Å²) >= 11 is 0. The monoisotopic (exact) mass is 416 g/mol. The molecule has 14 nitrogen and oxygen atoms in total. The van der Waals surface area contributed by atoms with Gasteiger partial charge in [-0.2, -0.15) is 0 Å². The topological polar surface area (TPSA) is 216 Å². The first kappa shape index (κ1) is 17.7. The summed E-state index contributed by atoms with van der Waals surface area (Å²) in [5.41, 5.74) is 0. The van der Waals surface area contributed by atoms with Gasteiger partial charge in [-0.15, -0.1) is 0 Å². The lowest BCUT2D eigenvalue weighted by molar-refractivity contribution is -0.538. The standard InChI is InChI=1S/C14H20O14/c1-5(15)24-10(19)9-12(21,26-6(2)16)14(23,28-8(4)18)13(22,11(20)25-9)27-7(3)17/h9-11,19-23H,1-4H3/t9-,10?,11?,12+,13-,14-/m1/s1/i1D,2D,3D,4D. The lowest BCUT2D eigenvalue weighted by atomic mass is 9.86. The molecule has 0 bridgehead atoms. The number of hydrogen-bond donors (Lipinski definition) is 5.